The molecule has 0 aliphatic rings. The average molecular weight is 159 g/mol. The fourth-order valence-corrected chi connectivity index (χ4v) is 1.56. The summed E-state index contributed by atoms with van der Waals surface area (Å²) in [4.78, 5) is 0. The molecule has 62 valence electrons. The number of hydrogen-bond acceptors (Lipinski definition) is 0. The highest BCUT2D eigenvalue weighted by atomic mass is 14.8. The molecule has 0 atom stereocenters. The van der Waals surface area contributed by atoms with Gasteiger partial charge in [0.25, 0.3) is 0 Å². The van der Waals surface area contributed by atoms with Gasteiger partial charge in [0.05, 0.1) is 0 Å². The molecule has 2 rings (SSSR count). The lowest BCUT2D eigenvalue weighted by Gasteiger charge is -2.02. The van der Waals surface area contributed by atoms with E-state index in [0.29, 0.717) is 5.92 Å². The van der Waals surface area contributed by atoms with Crippen molar-refractivity contribution in [2.75, 3.05) is 0 Å². The Hall–Kier alpha value is -1.24. The van der Waals surface area contributed by atoms with Crippen LogP contribution in [0.15, 0.2) is 36.7 Å². The summed E-state index contributed by atoms with van der Waals surface area (Å²) in [5, 5.41) is 0. The minimum atomic E-state index is 0.609. The van der Waals surface area contributed by atoms with Crippen LogP contribution in [0.1, 0.15) is 25.3 Å². The topological polar surface area (TPSA) is 4.41 Å². The molecule has 0 spiro atoms. The summed E-state index contributed by atoms with van der Waals surface area (Å²) in [7, 11) is 0. The van der Waals surface area contributed by atoms with Gasteiger partial charge in [0.15, 0.2) is 0 Å². The average Bonchev–Trinajstić information content (AvgIpc) is 2.47. The van der Waals surface area contributed by atoms with Gasteiger partial charge in [-0.2, -0.15) is 0 Å². The van der Waals surface area contributed by atoms with Gasteiger partial charge in [0.1, 0.15) is 0 Å². The highest BCUT2D eigenvalue weighted by Gasteiger charge is 2.03. The highest BCUT2D eigenvalue weighted by Crippen LogP contribution is 2.20. The summed E-state index contributed by atoms with van der Waals surface area (Å²) in [5.41, 5.74) is 2.75. The van der Waals surface area contributed by atoms with Crippen LogP contribution in [0, 0.1) is 0 Å². The van der Waals surface area contributed by atoms with Crippen LogP contribution in [-0.4, -0.2) is 4.40 Å². The van der Waals surface area contributed by atoms with Gasteiger partial charge in [-0.1, -0.05) is 19.9 Å². The zero-order valence-electron chi connectivity index (χ0n) is 7.49. The third-order valence-corrected chi connectivity index (χ3v) is 2.22. The lowest BCUT2D eigenvalue weighted by molar-refractivity contribution is 0.877. The molecule has 1 nitrogen and oxygen atoms in total. The van der Waals surface area contributed by atoms with Crippen molar-refractivity contribution in [2.45, 2.75) is 19.8 Å². The van der Waals surface area contributed by atoms with Crippen molar-refractivity contribution in [3.63, 3.8) is 0 Å². The molecule has 0 N–H and O–H groups in total. The molecular formula is C11H13N. The standard InChI is InChI=1S/C11H13N/c1-9(2)10-6-8-12-7-4-3-5-11(10)12/h3-9H,1-2H3. The van der Waals surface area contributed by atoms with E-state index in [1.54, 1.807) is 0 Å². The first kappa shape index (κ1) is 7.41. The predicted molar refractivity (Wildman–Crippen MR) is 51.5 cm³/mol. The summed E-state index contributed by atoms with van der Waals surface area (Å²) < 4.78 is 2.16. The van der Waals surface area contributed by atoms with Gasteiger partial charge >= 0.3 is 0 Å². The van der Waals surface area contributed by atoms with E-state index in [0.717, 1.165) is 0 Å². The van der Waals surface area contributed by atoms with Crippen molar-refractivity contribution in [1.82, 2.24) is 4.40 Å². The fraction of sp³-hybridized carbons (Fsp3) is 0.273. The monoisotopic (exact) mass is 159 g/mol. The smallest absolute Gasteiger partial charge is 0.0484 e. The molecule has 0 saturated heterocycles. The van der Waals surface area contributed by atoms with Crippen molar-refractivity contribution >= 4 is 5.52 Å². The second-order valence-electron chi connectivity index (χ2n) is 3.42. The first-order valence-corrected chi connectivity index (χ1v) is 4.34. The minimum Gasteiger partial charge on any atom is -0.324 e. The van der Waals surface area contributed by atoms with Crippen LogP contribution >= 0.6 is 0 Å². The molecule has 0 aliphatic heterocycles. The largest absolute Gasteiger partial charge is 0.324 e. The van der Waals surface area contributed by atoms with E-state index in [2.05, 4.69) is 54.9 Å². The quantitative estimate of drug-likeness (QED) is 0.602. The van der Waals surface area contributed by atoms with Crippen molar-refractivity contribution in [1.29, 1.82) is 0 Å². The van der Waals surface area contributed by atoms with E-state index in [1.807, 2.05) is 0 Å². The predicted octanol–water partition coefficient (Wildman–Crippen LogP) is 3.06. The second kappa shape index (κ2) is 2.67. The Bertz CT molecular complexity index is 385. The highest BCUT2D eigenvalue weighted by molar-refractivity contribution is 5.56. The van der Waals surface area contributed by atoms with Crippen LogP contribution in [0.4, 0.5) is 0 Å². The van der Waals surface area contributed by atoms with Crippen LogP contribution < -0.4 is 0 Å². The molecule has 2 aromatic heterocycles. The summed E-state index contributed by atoms with van der Waals surface area (Å²) in [6.45, 7) is 4.45. The first-order valence-electron chi connectivity index (χ1n) is 4.34. The maximum absolute atomic E-state index is 2.22. The Labute approximate surface area is 72.6 Å². The molecule has 0 amide bonds. The van der Waals surface area contributed by atoms with Gasteiger partial charge < -0.3 is 4.40 Å². The number of rotatable bonds is 1. The third-order valence-electron chi connectivity index (χ3n) is 2.22. The molecule has 2 heterocycles. The van der Waals surface area contributed by atoms with Gasteiger partial charge in [-0.15, -0.1) is 0 Å². The molecule has 2 aromatic rings. The second-order valence-corrected chi connectivity index (χ2v) is 3.42. The Morgan fingerprint density at radius 1 is 1.08 bits per heavy atom. The zero-order valence-corrected chi connectivity index (χ0v) is 7.49. The molecule has 1 heteroatoms. The minimum absolute atomic E-state index is 0.609. The normalized spacial score (nSPS) is 11.2. The molecule has 0 fully saturated rings. The van der Waals surface area contributed by atoms with Crippen LogP contribution in [0.3, 0.4) is 0 Å². The molecular weight excluding hydrogens is 146 g/mol. The van der Waals surface area contributed by atoms with Crippen LogP contribution in [0.5, 0.6) is 0 Å². The molecule has 0 aliphatic carbocycles. The van der Waals surface area contributed by atoms with Crippen LogP contribution in [0.2, 0.25) is 0 Å². The van der Waals surface area contributed by atoms with E-state index in [4.69, 9.17) is 0 Å². The van der Waals surface area contributed by atoms with Gasteiger partial charge in [-0.3, -0.25) is 0 Å². The van der Waals surface area contributed by atoms with Crippen molar-refractivity contribution in [2.24, 2.45) is 0 Å². The summed E-state index contributed by atoms with van der Waals surface area (Å²) in [6.07, 6.45) is 4.20. The molecule has 0 aromatic carbocycles. The maximum Gasteiger partial charge on any atom is 0.0484 e. The summed E-state index contributed by atoms with van der Waals surface area (Å²) >= 11 is 0. The molecule has 0 unspecified atom stereocenters. The van der Waals surface area contributed by atoms with E-state index >= 15 is 0 Å². The SMILES string of the molecule is CC(C)c1ccn2ccccc12. The molecule has 0 bridgehead atoms. The number of fused-ring (bicyclic) bond motifs is 1. The molecule has 12 heavy (non-hydrogen) atoms. The lowest BCUT2D eigenvalue weighted by Crippen LogP contribution is -1.86. The Balaban J connectivity index is 2.70. The van der Waals surface area contributed by atoms with Gasteiger partial charge in [0, 0.05) is 17.9 Å². The fourth-order valence-electron chi connectivity index (χ4n) is 1.56. The van der Waals surface area contributed by atoms with Crippen LogP contribution in [0.25, 0.3) is 5.52 Å². The van der Waals surface area contributed by atoms with Crippen molar-refractivity contribution in [3.05, 3.63) is 42.2 Å². The Morgan fingerprint density at radius 2 is 1.92 bits per heavy atom. The van der Waals surface area contributed by atoms with E-state index < -0.39 is 0 Å². The van der Waals surface area contributed by atoms with Crippen molar-refractivity contribution < 1.29 is 0 Å². The summed E-state index contributed by atoms with van der Waals surface area (Å²) in [6, 6.07) is 8.49. The molecule has 0 radical (unpaired) electrons. The number of pyridine rings is 1. The van der Waals surface area contributed by atoms with E-state index in [-0.39, 0.29) is 0 Å². The van der Waals surface area contributed by atoms with Crippen molar-refractivity contribution in [3.8, 4) is 0 Å². The Kier molecular flexibility index (Phi) is 1.65. The zero-order chi connectivity index (χ0) is 8.55. The number of nitrogens with zero attached hydrogens (tertiary/aromatic N) is 1. The first-order chi connectivity index (χ1) is 5.79. The number of hydrogen-bond donors (Lipinski definition) is 0. The van der Waals surface area contributed by atoms with Gasteiger partial charge in [0.2, 0.25) is 0 Å². The van der Waals surface area contributed by atoms with Gasteiger partial charge in [-0.25, -0.2) is 0 Å². The maximum atomic E-state index is 2.22. The van der Waals surface area contributed by atoms with E-state index in [9.17, 15) is 0 Å². The summed E-state index contributed by atoms with van der Waals surface area (Å²) in [5.74, 6) is 0.609. The lowest BCUT2D eigenvalue weighted by atomic mass is 10.1. The van der Waals surface area contributed by atoms with E-state index in [1.165, 1.54) is 11.1 Å². The van der Waals surface area contributed by atoms with Crippen LogP contribution in [-0.2, 0) is 0 Å². The number of aromatic nitrogens is 1. The molecule has 0 saturated carbocycles. The third kappa shape index (κ3) is 1.02. The Morgan fingerprint density at radius 3 is 2.67 bits per heavy atom. The van der Waals surface area contributed by atoms with Gasteiger partial charge in [-0.05, 0) is 29.7 Å².